The van der Waals surface area contributed by atoms with Gasteiger partial charge in [-0.05, 0) is 80.4 Å². The van der Waals surface area contributed by atoms with Gasteiger partial charge in [0.15, 0.2) is 0 Å². The van der Waals surface area contributed by atoms with E-state index in [1.54, 1.807) is 48.5 Å². The van der Waals surface area contributed by atoms with Gasteiger partial charge in [0.05, 0.1) is 10.6 Å². The first-order chi connectivity index (χ1) is 16.8. The van der Waals surface area contributed by atoms with Gasteiger partial charge in [0.1, 0.15) is 6.54 Å². The third-order valence-electron chi connectivity index (χ3n) is 6.10. The lowest BCUT2D eigenvalue weighted by atomic mass is 10.1. The molecule has 0 atom stereocenters. The van der Waals surface area contributed by atoms with Crippen molar-refractivity contribution in [2.75, 3.05) is 23.9 Å². The maximum Gasteiger partial charge on any atom is 0.264 e. The largest absolute Gasteiger partial charge is 0.350 e. The number of hydrogen-bond acceptors (Lipinski definition) is 4. The van der Waals surface area contributed by atoms with Crippen molar-refractivity contribution in [1.82, 2.24) is 10.2 Å². The Morgan fingerprint density at radius 3 is 2.31 bits per heavy atom. The monoisotopic (exact) mass is 511 g/mol. The third-order valence-corrected chi connectivity index (χ3v) is 8.14. The first kappa shape index (κ1) is 25.2. The van der Waals surface area contributed by atoms with E-state index in [0.29, 0.717) is 17.3 Å². The number of anilines is 1. The number of sulfonamides is 1. The molecule has 1 fully saturated rings. The highest BCUT2D eigenvalue weighted by atomic mass is 35.5. The van der Waals surface area contributed by atoms with E-state index in [2.05, 4.69) is 22.3 Å². The summed E-state index contributed by atoms with van der Waals surface area (Å²) in [6.07, 6.45) is 2.48. The molecule has 1 heterocycles. The Morgan fingerprint density at radius 1 is 0.971 bits per heavy atom. The van der Waals surface area contributed by atoms with Crippen molar-refractivity contribution in [3.63, 3.8) is 0 Å². The van der Waals surface area contributed by atoms with E-state index in [9.17, 15) is 13.2 Å². The number of amides is 1. The van der Waals surface area contributed by atoms with Crippen LogP contribution in [0.1, 0.15) is 29.5 Å². The predicted octanol–water partition coefficient (Wildman–Crippen LogP) is 4.76. The second-order valence-electron chi connectivity index (χ2n) is 8.88. The van der Waals surface area contributed by atoms with Crippen LogP contribution in [0.5, 0.6) is 0 Å². The zero-order valence-corrected chi connectivity index (χ0v) is 21.4. The Kier molecular flexibility index (Phi) is 8.11. The summed E-state index contributed by atoms with van der Waals surface area (Å²) in [7, 11) is -3.96. The first-order valence-electron chi connectivity index (χ1n) is 11.7. The molecular weight excluding hydrogens is 482 g/mol. The molecule has 0 unspecified atom stereocenters. The molecule has 1 saturated heterocycles. The lowest BCUT2D eigenvalue weighted by Crippen LogP contribution is -2.40. The molecule has 0 aliphatic carbocycles. The molecule has 1 amide bonds. The topological polar surface area (TPSA) is 69.7 Å². The van der Waals surface area contributed by atoms with E-state index in [1.807, 2.05) is 19.1 Å². The highest BCUT2D eigenvalue weighted by Gasteiger charge is 2.27. The van der Waals surface area contributed by atoms with Crippen LogP contribution in [0.15, 0.2) is 77.7 Å². The quantitative estimate of drug-likeness (QED) is 0.450. The molecule has 6 nitrogen and oxygen atoms in total. The Morgan fingerprint density at radius 2 is 1.63 bits per heavy atom. The number of benzene rings is 3. The van der Waals surface area contributed by atoms with E-state index in [-0.39, 0.29) is 17.3 Å². The molecule has 0 saturated carbocycles. The van der Waals surface area contributed by atoms with Gasteiger partial charge in [-0.25, -0.2) is 8.42 Å². The number of nitrogens with one attached hydrogen (secondary N) is 1. The number of hydrogen-bond donors (Lipinski definition) is 1. The average molecular weight is 512 g/mol. The number of halogens is 1. The van der Waals surface area contributed by atoms with E-state index < -0.39 is 10.0 Å². The predicted molar refractivity (Wildman–Crippen MR) is 140 cm³/mol. The van der Waals surface area contributed by atoms with Crippen LogP contribution in [-0.4, -0.2) is 38.9 Å². The Labute approximate surface area is 212 Å². The summed E-state index contributed by atoms with van der Waals surface area (Å²) in [6, 6.07) is 21.2. The molecule has 1 aliphatic rings. The maximum atomic E-state index is 13.5. The highest BCUT2D eigenvalue weighted by molar-refractivity contribution is 7.92. The molecule has 35 heavy (non-hydrogen) atoms. The van der Waals surface area contributed by atoms with Gasteiger partial charge in [0, 0.05) is 18.1 Å². The number of carbonyl (C=O) groups is 1. The number of likely N-dealkylation sites (tertiary alicyclic amines) is 1. The summed E-state index contributed by atoms with van der Waals surface area (Å²) in [6.45, 7) is 5.02. The second kappa shape index (κ2) is 11.2. The Balaban J connectivity index is 1.47. The molecule has 1 N–H and O–H groups in total. The maximum absolute atomic E-state index is 13.5. The van der Waals surface area contributed by atoms with Crippen LogP contribution in [0.25, 0.3) is 0 Å². The minimum Gasteiger partial charge on any atom is -0.350 e. The number of nitrogens with zero attached hydrogens (tertiary/aromatic N) is 2. The van der Waals surface area contributed by atoms with E-state index in [4.69, 9.17) is 11.6 Å². The van der Waals surface area contributed by atoms with Gasteiger partial charge in [0.25, 0.3) is 10.0 Å². The van der Waals surface area contributed by atoms with Gasteiger partial charge in [-0.1, -0.05) is 53.6 Å². The Hall–Kier alpha value is -2.87. The average Bonchev–Trinajstić information content (AvgIpc) is 3.35. The molecular formula is C27H30ClN3O3S. The lowest BCUT2D eigenvalue weighted by molar-refractivity contribution is -0.119. The first-order valence-corrected chi connectivity index (χ1v) is 13.5. The van der Waals surface area contributed by atoms with Crippen molar-refractivity contribution < 1.29 is 13.2 Å². The molecule has 3 aromatic carbocycles. The van der Waals surface area contributed by atoms with Crippen LogP contribution < -0.4 is 9.62 Å². The number of aryl methyl sites for hydroxylation is 1. The normalized spacial score (nSPS) is 14.1. The van der Waals surface area contributed by atoms with Crippen molar-refractivity contribution in [2.45, 2.75) is 37.8 Å². The van der Waals surface area contributed by atoms with Crippen LogP contribution in [0.3, 0.4) is 0 Å². The fourth-order valence-electron chi connectivity index (χ4n) is 4.18. The summed E-state index contributed by atoms with van der Waals surface area (Å²) in [5, 5.41) is 3.37. The van der Waals surface area contributed by atoms with Crippen molar-refractivity contribution >= 4 is 33.2 Å². The molecule has 0 radical (unpaired) electrons. The van der Waals surface area contributed by atoms with Crippen LogP contribution in [0, 0.1) is 6.92 Å². The van der Waals surface area contributed by atoms with Gasteiger partial charge < -0.3 is 5.32 Å². The minimum atomic E-state index is -3.96. The minimum absolute atomic E-state index is 0.125. The van der Waals surface area contributed by atoms with Crippen LogP contribution in [0.2, 0.25) is 5.02 Å². The lowest BCUT2D eigenvalue weighted by Gasteiger charge is -2.24. The molecule has 8 heteroatoms. The molecule has 0 spiro atoms. The van der Waals surface area contributed by atoms with Crippen LogP contribution in [-0.2, 0) is 27.9 Å². The van der Waals surface area contributed by atoms with Crippen molar-refractivity contribution in [2.24, 2.45) is 0 Å². The fourth-order valence-corrected chi connectivity index (χ4v) is 5.73. The Bertz CT molecular complexity index is 1260. The zero-order valence-electron chi connectivity index (χ0n) is 19.8. The summed E-state index contributed by atoms with van der Waals surface area (Å²) in [5.41, 5.74) is 3.52. The van der Waals surface area contributed by atoms with Gasteiger partial charge >= 0.3 is 0 Å². The van der Waals surface area contributed by atoms with E-state index in [1.165, 1.54) is 18.4 Å². The standard InChI is InChI=1S/C27H30ClN3O3S/c1-21-7-13-26(14-8-21)35(33,34)31(25-11-9-24(28)10-12-25)20-27(32)29-18-22-5-4-6-23(17-22)19-30-15-2-3-16-30/h4-14,17H,2-3,15-16,18-20H2,1H3,(H,29,32). The van der Waals surface area contributed by atoms with Gasteiger partial charge in [-0.3, -0.25) is 14.0 Å². The van der Waals surface area contributed by atoms with Crippen molar-refractivity contribution in [3.05, 3.63) is 94.5 Å². The highest BCUT2D eigenvalue weighted by Crippen LogP contribution is 2.25. The molecule has 4 rings (SSSR count). The van der Waals surface area contributed by atoms with Crippen molar-refractivity contribution in [3.8, 4) is 0 Å². The van der Waals surface area contributed by atoms with Gasteiger partial charge in [-0.15, -0.1) is 0 Å². The second-order valence-corrected chi connectivity index (χ2v) is 11.2. The SMILES string of the molecule is Cc1ccc(S(=O)(=O)N(CC(=O)NCc2cccc(CN3CCCC3)c2)c2ccc(Cl)cc2)cc1. The summed E-state index contributed by atoms with van der Waals surface area (Å²) >= 11 is 6.00. The fraction of sp³-hybridized carbons (Fsp3) is 0.296. The third kappa shape index (κ3) is 6.63. The molecule has 184 valence electrons. The summed E-state index contributed by atoms with van der Waals surface area (Å²) in [5.74, 6) is -0.388. The van der Waals surface area contributed by atoms with Gasteiger partial charge in [0.2, 0.25) is 5.91 Å². The summed E-state index contributed by atoms with van der Waals surface area (Å²) in [4.78, 5) is 15.5. The van der Waals surface area contributed by atoms with Crippen LogP contribution in [0.4, 0.5) is 5.69 Å². The smallest absolute Gasteiger partial charge is 0.264 e. The zero-order chi connectivity index (χ0) is 24.8. The number of carbonyl (C=O) groups excluding carboxylic acids is 1. The molecule has 0 aromatic heterocycles. The molecule has 3 aromatic rings. The summed E-state index contributed by atoms with van der Waals surface area (Å²) < 4.78 is 28.0. The van der Waals surface area contributed by atoms with E-state index in [0.717, 1.165) is 35.1 Å². The van der Waals surface area contributed by atoms with Gasteiger partial charge in [-0.2, -0.15) is 0 Å². The molecule has 0 bridgehead atoms. The molecule has 1 aliphatic heterocycles. The van der Waals surface area contributed by atoms with Crippen LogP contribution >= 0.6 is 11.6 Å². The van der Waals surface area contributed by atoms with Crippen molar-refractivity contribution in [1.29, 1.82) is 0 Å². The number of rotatable bonds is 9. The van der Waals surface area contributed by atoms with E-state index >= 15 is 0 Å².